The first-order valence-corrected chi connectivity index (χ1v) is 6.39. The van der Waals surface area contributed by atoms with Crippen molar-refractivity contribution >= 4 is 5.97 Å². The summed E-state index contributed by atoms with van der Waals surface area (Å²) in [5.74, 6) is -2.64. The van der Waals surface area contributed by atoms with E-state index >= 15 is 0 Å². The Balaban J connectivity index is 2.04. The molecular formula is C14H16F2O4. The van der Waals surface area contributed by atoms with Crippen LogP contribution in [0.3, 0.4) is 0 Å². The van der Waals surface area contributed by atoms with Gasteiger partial charge in [-0.2, -0.15) is 0 Å². The maximum absolute atomic E-state index is 13.7. The predicted octanol–water partition coefficient (Wildman–Crippen LogP) is 2.56. The molecule has 110 valence electrons. The minimum absolute atomic E-state index is 0.0687. The second-order valence-corrected chi connectivity index (χ2v) is 4.62. The molecule has 0 aromatic heterocycles. The number of ether oxygens (including phenoxy) is 3. The molecule has 0 bridgehead atoms. The average Bonchev–Trinajstić information content (AvgIpc) is 2.45. The van der Waals surface area contributed by atoms with E-state index in [9.17, 15) is 13.6 Å². The van der Waals surface area contributed by atoms with E-state index in [1.54, 1.807) is 0 Å². The van der Waals surface area contributed by atoms with Crippen LogP contribution in [0.5, 0.6) is 5.75 Å². The van der Waals surface area contributed by atoms with Gasteiger partial charge < -0.3 is 14.2 Å². The molecule has 2 rings (SSSR count). The predicted molar refractivity (Wildman–Crippen MR) is 66.7 cm³/mol. The van der Waals surface area contributed by atoms with Gasteiger partial charge in [0.15, 0.2) is 0 Å². The number of carbonyl (C=O) groups excluding carboxylic acids is 1. The van der Waals surface area contributed by atoms with Crippen LogP contribution < -0.4 is 4.74 Å². The number of halogens is 2. The summed E-state index contributed by atoms with van der Waals surface area (Å²) in [5, 5.41) is 0. The second-order valence-electron chi connectivity index (χ2n) is 4.62. The fourth-order valence-electron chi connectivity index (χ4n) is 2.06. The van der Waals surface area contributed by atoms with Crippen molar-refractivity contribution in [2.45, 2.75) is 12.8 Å². The van der Waals surface area contributed by atoms with Gasteiger partial charge in [0.2, 0.25) is 0 Å². The third kappa shape index (κ3) is 3.45. The first-order valence-electron chi connectivity index (χ1n) is 6.39. The highest BCUT2D eigenvalue weighted by Gasteiger charge is 2.20. The number of benzene rings is 1. The molecule has 0 radical (unpaired) electrons. The van der Waals surface area contributed by atoms with E-state index in [0.717, 1.165) is 32.1 Å². The summed E-state index contributed by atoms with van der Waals surface area (Å²) in [5.41, 5.74) is -0.703. The van der Waals surface area contributed by atoms with Gasteiger partial charge in [-0.15, -0.1) is 0 Å². The molecule has 0 aliphatic carbocycles. The Bertz CT molecular complexity index is 461. The number of hydrogen-bond acceptors (Lipinski definition) is 4. The van der Waals surface area contributed by atoms with Crippen molar-refractivity contribution in [1.29, 1.82) is 0 Å². The van der Waals surface area contributed by atoms with Gasteiger partial charge in [0, 0.05) is 25.3 Å². The quantitative estimate of drug-likeness (QED) is 0.798. The minimum atomic E-state index is -1.05. The molecule has 1 aliphatic heterocycles. The smallest absolute Gasteiger partial charge is 0.343 e. The summed E-state index contributed by atoms with van der Waals surface area (Å²) in [6, 6.07) is 1.99. The van der Waals surface area contributed by atoms with E-state index in [2.05, 4.69) is 4.74 Å². The molecule has 0 spiro atoms. The molecule has 4 nitrogen and oxygen atoms in total. The first kappa shape index (κ1) is 14.7. The monoisotopic (exact) mass is 286 g/mol. The number of methoxy groups -OCH3 is 1. The van der Waals surface area contributed by atoms with Crippen molar-refractivity contribution in [3.63, 3.8) is 0 Å². The zero-order chi connectivity index (χ0) is 14.5. The highest BCUT2D eigenvalue weighted by Crippen LogP contribution is 2.23. The molecule has 1 fully saturated rings. The molecular weight excluding hydrogens is 270 g/mol. The van der Waals surface area contributed by atoms with Crippen LogP contribution in [0.4, 0.5) is 8.78 Å². The van der Waals surface area contributed by atoms with Gasteiger partial charge in [0.05, 0.1) is 13.7 Å². The van der Waals surface area contributed by atoms with Crippen LogP contribution in [-0.2, 0) is 9.47 Å². The Morgan fingerprint density at radius 2 is 1.90 bits per heavy atom. The van der Waals surface area contributed by atoms with Crippen LogP contribution in [0.1, 0.15) is 23.2 Å². The van der Waals surface area contributed by atoms with Crippen molar-refractivity contribution in [2.75, 3.05) is 26.9 Å². The summed E-state index contributed by atoms with van der Waals surface area (Å²) in [6.45, 7) is 1.73. The third-order valence-corrected chi connectivity index (χ3v) is 3.23. The lowest BCUT2D eigenvalue weighted by Crippen LogP contribution is -2.21. The van der Waals surface area contributed by atoms with Gasteiger partial charge in [-0.25, -0.2) is 13.6 Å². The van der Waals surface area contributed by atoms with Crippen molar-refractivity contribution in [1.82, 2.24) is 0 Å². The topological polar surface area (TPSA) is 44.8 Å². The van der Waals surface area contributed by atoms with Crippen molar-refractivity contribution in [3.05, 3.63) is 29.3 Å². The van der Waals surface area contributed by atoms with Gasteiger partial charge in [-0.1, -0.05) is 0 Å². The molecule has 0 unspecified atom stereocenters. The molecule has 0 N–H and O–H groups in total. The zero-order valence-corrected chi connectivity index (χ0v) is 11.2. The fraction of sp³-hybridized carbons (Fsp3) is 0.500. The molecule has 1 saturated heterocycles. The average molecular weight is 286 g/mol. The molecule has 0 amide bonds. The van der Waals surface area contributed by atoms with Crippen LogP contribution in [0.2, 0.25) is 0 Å². The van der Waals surface area contributed by atoms with Gasteiger partial charge in [0.1, 0.15) is 22.9 Å². The number of esters is 1. The highest BCUT2D eigenvalue weighted by molar-refractivity contribution is 5.90. The van der Waals surface area contributed by atoms with Crippen molar-refractivity contribution < 1.29 is 27.8 Å². The lowest BCUT2D eigenvalue weighted by atomic mass is 10.0. The Hall–Kier alpha value is -1.69. The Labute approximate surface area is 115 Å². The standard InChI is InChI=1S/C14H16F2O4/c1-18-14(17)13-11(15)6-10(7-12(13)16)20-8-9-2-4-19-5-3-9/h6-7,9H,2-5,8H2,1H3. The zero-order valence-electron chi connectivity index (χ0n) is 11.2. The summed E-state index contributed by atoms with van der Waals surface area (Å²) >= 11 is 0. The van der Waals surface area contributed by atoms with E-state index in [0.29, 0.717) is 25.7 Å². The molecule has 0 atom stereocenters. The third-order valence-electron chi connectivity index (χ3n) is 3.23. The van der Waals surface area contributed by atoms with E-state index in [1.165, 1.54) is 0 Å². The normalized spacial score (nSPS) is 15.9. The van der Waals surface area contributed by atoms with Gasteiger partial charge in [-0.05, 0) is 18.8 Å². The van der Waals surface area contributed by atoms with Crippen molar-refractivity contribution in [2.24, 2.45) is 5.92 Å². The van der Waals surface area contributed by atoms with E-state index in [4.69, 9.17) is 9.47 Å². The molecule has 20 heavy (non-hydrogen) atoms. The molecule has 1 aromatic rings. The van der Waals surface area contributed by atoms with E-state index in [-0.39, 0.29) is 5.75 Å². The fourth-order valence-corrected chi connectivity index (χ4v) is 2.06. The summed E-state index contributed by atoms with van der Waals surface area (Å²) in [7, 11) is 1.07. The van der Waals surface area contributed by atoms with Crippen LogP contribution in [0, 0.1) is 17.6 Å². The van der Waals surface area contributed by atoms with Crippen LogP contribution in [0.15, 0.2) is 12.1 Å². The number of carbonyl (C=O) groups is 1. The Morgan fingerprint density at radius 1 is 1.30 bits per heavy atom. The number of hydrogen-bond donors (Lipinski definition) is 0. The lowest BCUT2D eigenvalue weighted by Gasteiger charge is -2.22. The van der Waals surface area contributed by atoms with Gasteiger partial charge in [0.25, 0.3) is 0 Å². The second kappa shape index (κ2) is 6.65. The molecule has 0 saturated carbocycles. The molecule has 1 aromatic carbocycles. The van der Waals surface area contributed by atoms with E-state index in [1.807, 2.05) is 0 Å². The molecule has 1 aliphatic rings. The molecule has 6 heteroatoms. The van der Waals surface area contributed by atoms with Crippen LogP contribution >= 0.6 is 0 Å². The lowest BCUT2D eigenvalue weighted by molar-refractivity contribution is 0.0495. The van der Waals surface area contributed by atoms with Crippen LogP contribution in [0.25, 0.3) is 0 Å². The van der Waals surface area contributed by atoms with Gasteiger partial charge in [-0.3, -0.25) is 0 Å². The maximum Gasteiger partial charge on any atom is 0.343 e. The van der Waals surface area contributed by atoms with Crippen LogP contribution in [-0.4, -0.2) is 32.9 Å². The maximum atomic E-state index is 13.7. The highest BCUT2D eigenvalue weighted by atomic mass is 19.1. The summed E-state index contributed by atoms with van der Waals surface area (Å²) in [6.07, 6.45) is 1.73. The SMILES string of the molecule is COC(=O)c1c(F)cc(OCC2CCOCC2)cc1F. The largest absolute Gasteiger partial charge is 0.493 e. The summed E-state index contributed by atoms with van der Waals surface area (Å²) in [4.78, 5) is 11.2. The van der Waals surface area contributed by atoms with Crippen molar-refractivity contribution in [3.8, 4) is 5.75 Å². The summed E-state index contributed by atoms with van der Waals surface area (Å²) < 4.78 is 42.3. The van der Waals surface area contributed by atoms with E-state index < -0.39 is 23.2 Å². The minimum Gasteiger partial charge on any atom is -0.493 e. The molecule has 1 heterocycles. The first-order chi connectivity index (χ1) is 9.61. The van der Waals surface area contributed by atoms with Gasteiger partial charge >= 0.3 is 5.97 Å². The Morgan fingerprint density at radius 3 is 2.45 bits per heavy atom. The Kier molecular flexibility index (Phi) is 4.89. The number of rotatable bonds is 4.